The maximum Gasteiger partial charge on any atom is 0.170 e. The highest BCUT2D eigenvalue weighted by molar-refractivity contribution is 9.10. The number of oxime groups is 1. The molecule has 1 aliphatic rings. The fraction of sp³-hybridized carbons (Fsp3) is 0.500. The first kappa shape index (κ1) is 15.1. The molecule has 1 aromatic rings. The van der Waals surface area contributed by atoms with Crippen LogP contribution in [0.25, 0.3) is 0 Å². The molecule has 0 radical (unpaired) electrons. The van der Waals surface area contributed by atoms with E-state index in [4.69, 9.17) is 10.9 Å². The summed E-state index contributed by atoms with van der Waals surface area (Å²) in [6.07, 6.45) is 4.81. The monoisotopic (exact) mass is 341 g/mol. The van der Waals surface area contributed by atoms with E-state index in [0.717, 1.165) is 23.0 Å². The number of hydrogen-bond donors (Lipinski definition) is 3. The number of rotatable bonds is 5. The van der Waals surface area contributed by atoms with Gasteiger partial charge in [0, 0.05) is 22.6 Å². The number of nitrogens with zero attached hydrogens (tertiary/aromatic N) is 2. The molecule has 110 valence electrons. The van der Waals surface area contributed by atoms with E-state index >= 15 is 0 Å². The maximum absolute atomic E-state index is 9.30. The van der Waals surface area contributed by atoms with Crippen LogP contribution in [0.2, 0.25) is 0 Å². The van der Waals surface area contributed by atoms with Crippen LogP contribution in [0.3, 0.4) is 0 Å². The van der Waals surface area contributed by atoms with Crippen LogP contribution in [0.1, 0.15) is 31.2 Å². The Morgan fingerprint density at radius 3 is 2.65 bits per heavy atom. The molecule has 6 heteroatoms. The van der Waals surface area contributed by atoms with Gasteiger partial charge in [-0.3, -0.25) is 0 Å². The smallest absolute Gasteiger partial charge is 0.170 e. The first-order valence-corrected chi connectivity index (χ1v) is 7.61. The number of anilines is 1. The lowest BCUT2D eigenvalue weighted by molar-refractivity contribution is 0.297. The van der Waals surface area contributed by atoms with Crippen molar-refractivity contribution in [3.05, 3.63) is 28.2 Å². The van der Waals surface area contributed by atoms with Crippen molar-refractivity contribution in [2.24, 2.45) is 10.9 Å². The molecule has 4 N–H and O–H groups in total. The van der Waals surface area contributed by atoms with E-state index in [9.17, 15) is 5.11 Å². The molecular formula is C14H20BrN3O2. The van der Waals surface area contributed by atoms with Crippen molar-refractivity contribution in [2.75, 3.05) is 18.1 Å². The Bertz CT molecular complexity index is 487. The van der Waals surface area contributed by atoms with Crippen molar-refractivity contribution in [3.63, 3.8) is 0 Å². The van der Waals surface area contributed by atoms with Gasteiger partial charge in [-0.15, -0.1) is 0 Å². The Labute approximate surface area is 127 Å². The molecule has 5 nitrogen and oxygen atoms in total. The van der Waals surface area contributed by atoms with Gasteiger partial charge >= 0.3 is 0 Å². The number of hydrogen-bond acceptors (Lipinski definition) is 4. The summed E-state index contributed by atoms with van der Waals surface area (Å²) in [5.74, 6) is 0.0897. The van der Waals surface area contributed by atoms with Gasteiger partial charge in [-0.2, -0.15) is 0 Å². The average molecular weight is 342 g/mol. The molecule has 0 atom stereocenters. The largest absolute Gasteiger partial charge is 0.409 e. The predicted molar refractivity (Wildman–Crippen MR) is 83.3 cm³/mol. The van der Waals surface area contributed by atoms with E-state index < -0.39 is 0 Å². The zero-order valence-electron chi connectivity index (χ0n) is 11.3. The minimum Gasteiger partial charge on any atom is -0.409 e. The highest BCUT2D eigenvalue weighted by Gasteiger charge is 2.24. The summed E-state index contributed by atoms with van der Waals surface area (Å²) in [7, 11) is 0. The van der Waals surface area contributed by atoms with Crippen molar-refractivity contribution in [3.8, 4) is 0 Å². The van der Waals surface area contributed by atoms with E-state index in [-0.39, 0.29) is 12.4 Å². The third-order valence-corrected chi connectivity index (χ3v) is 4.40. The lowest BCUT2D eigenvalue weighted by Gasteiger charge is -2.31. The van der Waals surface area contributed by atoms with E-state index in [1.165, 1.54) is 12.8 Å². The first-order chi connectivity index (χ1) is 9.67. The van der Waals surface area contributed by atoms with E-state index in [2.05, 4.69) is 26.0 Å². The third-order valence-electron chi connectivity index (χ3n) is 3.77. The Hall–Kier alpha value is -1.27. The van der Waals surface area contributed by atoms with Crippen LogP contribution in [0.15, 0.2) is 27.8 Å². The van der Waals surface area contributed by atoms with Gasteiger partial charge in [0.1, 0.15) is 0 Å². The topological polar surface area (TPSA) is 82.1 Å². The summed E-state index contributed by atoms with van der Waals surface area (Å²) in [4.78, 5) is 2.24. The maximum atomic E-state index is 9.30. The van der Waals surface area contributed by atoms with Crippen molar-refractivity contribution in [1.82, 2.24) is 0 Å². The van der Waals surface area contributed by atoms with Gasteiger partial charge in [0.15, 0.2) is 5.84 Å². The van der Waals surface area contributed by atoms with E-state index in [1.807, 2.05) is 18.2 Å². The molecular weight excluding hydrogens is 322 g/mol. The minimum atomic E-state index is 0.0897. The second-order valence-electron chi connectivity index (χ2n) is 5.01. The number of benzene rings is 1. The first-order valence-electron chi connectivity index (χ1n) is 6.82. The van der Waals surface area contributed by atoms with E-state index in [1.54, 1.807) is 0 Å². The van der Waals surface area contributed by atoms with Gasteiger partial charge in [-0.05, 0) is 47.0 Å². The molecule has 1 aromatic carbocycles. The molecule has 0 bridgehead atoms. The standard InChI is InChI=1S/C14H20BrN3O2/c15-12-9-10(14(16)17-20)5-6-13(12)18(7-8-19)11-3-1-2-4-11/h5-6,9,11,19-20H,1-4,7-8H2,(H2,16,17). The zero-order chi connectivity index (χ0) is 14.5. The van der Waals surface area contributed by atoms with Gasteiger partial charge in [0.25, 0.3) is 0 Å². The fourth-order valence-corrected chi connectivity index (χ4v) is 3.39. The fourth-order valence-electron chi connectivity index (χ4n) is 2.78. The highest BCUT2D eigenvalue weighted by Crippen LogP contribution is 2.33. The number of amidine groups is 1. The molecule has 0 saturated heterocycles. The summed E-state index contributed by atoms with van der Waals surface area (Å²) >= 11 is 3.55. The van der Waals surface area contributed by atoms with Gasteiger partial charge < -0.3 is 20.9 Å². The minimum absolute atomic E-state index is 0.0897. The molecule has 1 aliphatic carbocycles. The van der Waals surface area contributed by atoms with Crippen LogP contribution in [0, 0.1) is 0 Å². The number of nitrogens with two attached hydrogens (primary N) is 1. The Balaban J connectivity index is 2.28. The Kier molecular flexibility index (Phi) is 5.25. The van der Waals surface area contributed by atoms with Crippen LogP contribution < -0.4 is 10.6 Å². The quantitative estimate of drug-likeness (QED) is 0.332. The summed E-state index contributed by atoms with van der Waals surface area (Å²) in [5, 5.41) is 21.0. The number of aliphatic hydroxyl groups excluding tert-OH is 1. The predicted octanol–water partition coefficient (Wildman–Crippen LogP) is 2.28. The molecule has 0 amide bonds. The molecule has 0 spiro atoms. The lowest BCUT2D eigenvalue weighted by Crippen LogP contribution is -2.36. The van der Waals surface area contributed by atoms with Gasteiger partial charge in [-0.25, -0.2) is 0 Å². The van der Waals surface area contributed by atoms with Gasteiger partial charge in [0.2, 0.25) is 0 Å². The van der Waals surface area contributed by atoms with Crippen molar-refractivity contribution in [1.29, 1.82) is 0 Å². The number of halogens is 1. The Morgan fingerprint density at radius 1 is 1.40 bits per heavy atom. The van der Waals surface area contributed by atoms with Gasteiger partial charge in [-0.1, -0.05) is 18.0 Å². The number of aliphatic hydroxyl groups is 1. The van der Waals surface area contributed by atoms with Crippen LogP contribution >= 0.6 is 15.9 Å². The molecule has 1 fully saturated rings. The van der Waals surface area contributed by atoms with Crippen LogP contribution in [-0.2, 0) is 0 Å². The van der Waals surface area contributed by atoms with Crippen molar-refractivity contribution in [2.45, 2.75) is 31.7 Å². The molecule has 0 aliphatic heterocycles. The van der Waals surface area contributed by atoms with Crippen molar-refractivity contribution < 1.29 is 10.3 Å². The lowest BCUT2D eigenvalue weighted by atomic mass is 10.1. The SMILES string of the molecule is N/C(=N/O)c1ccc(N(CCO)C2CCCC2)c(Br)c1. The summed E-state index contributed by atoms with van der Waals surface area (Å²) in [5.41, 5.74) is 7.30. The van der Waals surface area contributed by atoms with Crippen molar-refractivity contribution >= 4 is 27.5 Å². The summed E-state index contributed by atoms with van der Waals surface area (Å²) in [6, 6.07) is 6.09. The Morgan fingerprint density at radius 2 is 2.10 bits per heavy atom. The van der Waals surface area contributed by atoms with Crippen LogP contribution in [-0.4, -0.2) is 35.3 Å². The van der Waals surface area contributed by atoms with E-state index in [0.29, 0.717) is 18.2 Å². The molecule has 20 heavy (non-hydrogen) atoms. The van der Waals surface area contributed by atoms with Crippen LogP contribution in [0.5, 0.6) is 0 Å². The molecule has 0 heterocycles. The normalized spacial score (nSPS) is 16.6. The average Bonchev–Trinajstić information content (AvgIpc) is 2.98. The second kappa shape index (κ2) is 6.95. The molecule has 0 unspecified atom stereocenters. The van der Waals surface area contributed by atoms with Gasteiger partial charge in [0.05, 0.1) is 12.3 Å². The summed E-state index contributed by atoms with van der Waals surface area (Å²) in [6.45, 7) is 0.747. The molecule has 1 saturated carbocycles. The second-order valence-corrected chi connectivity index (χ2v) is 5.86. The summed E-state index contributed by atoms with van der Waals surface area (Å²) < 4.78 is 0.891. The molecule has 2 rings (SSSR count). The zero-order valence-corrected chi connectivity index (χ0v) is 12.9. The van der Waals surface area contributed by atoms with Crippen LogP contribution in [0.4, 0.5) is 5.69 Å². The molecule has 0 aromatic heterocycles. The third kappa shape index (κ3) is 3.24. The highest BCUT2D eigenvalue weighted by atomic mass is 79.9.